The van der Waals surface area contributed by atoms with Crippen molar-refractivity contribution >= 4 is 16.7 Å². The maximum Gasteiger partial charge on any atom is 0.211 e. The van der Waals surface area contributed by atoms with E-state index < -0.39 is 11.5 Å². The number of phenolic OH excluding ortho intramolecular Hbond substituents is 1. The maximum absolute atomic E-state index is 15.4. The molecule has 2 aromatic carbocycles. The van der Waals surface area contributed by atoms with Crippen molar-refractivity contribution in [2.45, 2.75) is 19.1 Å². The normalized spacial score (nSPS) is 13.9. The van der Waals surface area contributed by atoms with Gasteiger partial charge in [-0.25, -0.2) is 4.39 Å². The van der Waals surface area contributed by atoms with Crippen LogP contribution in [0.3, 0.4) is 0 Å². The number of alkyl halides is 1. The van der Waals surface area contributed by atoms with Crippen LogP contribution < -0.4 is 0 Å². The van der Waals surface area contributed by atoms with E-state index in [4.69, 9.17) is 0 Å². The smallest absolute Gasteiger partial charge is 0.211 e. The summed E-state index contributed by atoms with van der Waals surface area (Å²) in [4.78, 5) is 12.0. The largest absolute Gasteiger partial charge is 0.507 e. The summed E-state index contributed by atoms with van der Waals surface area (Å²) in [5.41, 5.74) is -1.07. The lowest BCUT2D eigenvalue weighted by Crippen LogP contribution is -2.33. The molecule has 3 aromatic rings. The average molecular weight is 297 g/mol. The second-order valence-corrected chi connectivity index (χ2v) is 5.38. The van der Waals surface area contributed by atoms with E-state index in [2.05, 4.69) is 0 Å². The molecule has 0 aliphatic heterocycles. The Labute approximate surface area is 127 Å². The van der Waals surface area contributed by atoms with Crippen LogP contribution in [-0.2, 0) is 17.0 Å². The van der Waals surface area contributed by atoms with Crippen molar-refractivity contribution < 1.29 is 14.3 Å². The molecule has 0 aliphatic carbocycles. The van der Waals surface area contributed by atoms with E-state index in [1.54, 1.807) is 65.4 Å². The van der Waals surface area contributed by atoms with Gasteiger partial charge in [-0.3, -0.25) is 4.79 Å². The van der Waals surface area contributed by atoms with Gasteiger partial charge < -0.3 is 9.67 Å². The second-order valence-electron chi connectivity index (χ2n) is 5.38. The number of aromatic hydroxyl groups is 1. The average Bonchev–Trinajstić information content (AvgIpc) is 2.92. The zero-order chi connectivity index (χ0) is 15.7. The van der Waals surface area contributed by atoms with Gasteiger partial charge in [0.25, 0.3) is 0 Å². The van der Waals surface area contributed by atoms with Crippen LogP contribution in [0.4, 0.5) is 4.39 Å². The van der Waals surface area contributed by atoms with Crippen molar-refractivity contribution in [1.29, 1.82) is 0 Å². The number of fused-ring (bicyclic) bond motifs is 1. The van der Waals surface area contributed by atoms with E-state index in [1.807, 2.05) is 0 Å². The van der Waals surface area contributed by atoms with E-state index in [0.29, 0.717) is 16.5 Å². The molecule has 112 valence electrons. The molecule has 22 heavy (non-hydrogen) atoms. The number of halogens is 1. The Morgan fingerprint density at radius 3 is 2.55 bits per heavy atom. The number of carbonyl (C=O) groups excluding carboxylic acids is 1. The van der Waals surface area contributed by atoms with Crippen molar-refractivity contribution in [3.8, 4) is 5.75 Å². The number of aromatic nitrogens is 1. The number of hydrogen-bond acceptors (Lipinski definition) is 2. The van der Waals surface area contributed by atoms with E-state index >= 15 is 4.39 Å². The summed E-state index contributed by atoms with van der Waals surface area (Å²) in [5.74, 6) is -0.399. The van der Waals surface area contributed by atoms with E-state index in [-0.39, 0.29) is 12.3 Å². The molecule has 4 heteroatoms. The Bertz CT molecular complexity index is 825. The van der Waals surface area contributed by atoms with Crippen LogP contribution in [0.1, 0.15) is 12.5 Å². The highest BCUT2D eigenvalue weighted by atomic mass is 19.1. The van der Waals surface area contributed by atoms with Crippen molar-refractivity contribution in [3.05, 3.63) is 66.4 Å². The lowest BCUT2D eigenvalue weighted by atomic mass is 9.92. The monoisotopic (exact) mass is 297 g/mol. The number of phenols is 1. The van der Waals surface area contributed by atoms with Gasteiger partial charge in [-0.15, -0.1) is 0 Å². The summed E-state index contributed by atoms with van der Waals surface area (Å²) < 4.78 is 17.1. The molecule has 0 spiro atoms. The van der Waals surface area contributed by atoms with Gasteiger partial charge in [-0.1, -0.05) is 36.4 Å². The molecule has 0 fully saturated rings. The van der Waals surface area contributed by atoms with Crippen molar-refractivity contribution in [2.75, 3.05) is 0 Å². The number of Topliss-reactive ketones (excluding diaryl/α,β-unsaturated/α-hetero) is 1. The molecule has 0 saturated heterocycles. The maximum atomic E-state index is 15.4. The van der Waals surface area contributed by atoms with Gasteiger partial charge in [-0.05, 0) is 30.7 Å². The lowest BCUT2D eigenvalue weighted by Gasteiger charge is -2.24. The first-order chi connectivity index (χ1) is 10.5. The Balaban J connectivity index is 2.08. The molecule has 1 N–H and O–H groups in total. The lowest BCUT2D eigenvalue weighted by molar-refractivity contribution is -0.129. The van der Waals surface area contributed by atoms with Crippen LogP contribution in [-0.4, -0.2) is 15.5 Å². The topological polar surface area (TPSA) is 42.2 Å². The molecule has 1 unspecified atom stereocenters. The summed E-state index contributed by atoms with van der Waals surface area (Å²) in [6.45, 7) is 1.13. The molecular formula is C18H16FNO2. The fourth-order valence-corrected chi connectivity index (χ4v) is 2.69. The highest BCUT2D eigenvalue weighted by molar-refractivity contribution is 5.88. The van der Waals surface area contributed by atoms with Gasteiger partial charge in [0, 0.05) is 11.6 Å². The number of carbonyl (C=O) groups is 1. The first-order valence-corrected chi connectivity index (χ1v) is 7.05. The first kappa shape index (κ1) is 14.3. The van der Waals surface area contributed by atoms with E-state index in [9.17, 15) is 9.90 Å². The third-order valence-corrected chi connectivity index (χ3v) is 3.97. The van der Waals surface area contributed by atoms with E-state index in [1.165, 1.54) is 6.92 Å². The quantitative estimate of drug-likeness (QED) is 0.796. The molecule has 1 atom stereocenters. The summed E-state index contributed by atoms with van der Waals surface area (Å²) in [5, 5.41) is 10.5. The van der Waals surface area contributed by atoms with Crippen LogP contribution >= 0.6 is 0 Å². The minimum Gasteiger partial charge on any atom is -0.507 e. The van der Waals surface area contributed by atoms with Crippen LogP contribution in [0.15, 0.2) is 60.8 Å². The number of hydrogen-bond donors (Lipinski definition) is 1. The minimum absolute atomic E-state index is 0.126. The van der Waals surface area contributed by atoms with Gasteiger partial charge in [0.2, 0.25) is 5.67 Å². The minimum atomic E-state index is -2.10. The molecule has 3 rings (SSSR count). The highest BCUT2D eigenvalue weighted by Crippen LogP contribution is 2.32. The van der Waals surface area contributed by atoms with E-state index in [0.717, 1.165) is 0 Å². The van der Waals surface area contributed by atoms with Crippen molar-refractivity contribution in [3.63, 3.8) is 0 Å². The molecule has 0 bridgehead atoms. The third-order valence-electron chi connectivity index (χ3n) is 3.97. The molecule has 0 amide bonds. The summed E-state index contributed by atoms with van der Waals surface area (Å²) in [7, 11) is 0. The predicted octanol–water partition coefficient (Wildman–Crippen LogP) is 3.80. The Morgan fingerprint density at radius 1 is 1.14 bits per heavy atom. The Kier molecular flexibility index (Phi) is 3.45. The predicted molar refractivity (Wildman–Crippen MR) is 83.5 cm³/mol. The van der Waals surface area contributed by atoms with Crippen molar-refractivity contribution in [1.82, 2.24) is 4.57 Å². The second kappa shape index (κ2) is 5.30. The van der Waals surface area contributed by atoms with Gasteiger partial charge >= 0.3 is 0 Å². The number of nitrogens with zero attached hydrogens (tertiary/aromatic N) is 1. The Morgan fingerprint density at radius 2 is 1.86 bits per heavy atom. The van der Waals surface area contributed by atoms with Gasteiger partial charge in [-0.2, -0.15) is 0 Å². The Hall–Kier alpha value is -2.62. The fourth-order valence-electron chi connectivity index (χ4n) is 2.69. The highest BCUT2D eigenvalue weighted by Gasteiger charge is 2.38. The zero-order valence-corrected chi connectivity index (χ0v) is 12.2. The number of benzene rings is 2. The molecule has 0 radical (unpaired) electrons. The van der Waals surface area contributed by atoms with Crippen molar-refractivity contribution in [2.24, 2.45) is 0 Å². The van der Waals surface area contributed by atoms with Crippen LogP contribution in [0, 0.1) is 0 Å². The molecule has 0 saturated carbocycles. The van der Waals surface area contributed by atoms with Crippen LogP contribution in [0.2, 0.25) is 0 Å². The number of ketones is 1. The molecule has 1 heterocycles. The fraction of sp³-hybridized carbons (Fsp3) is 0.167. The molecular weight excluding hydrogens is 281 g/mol. The van der Waals surface area contributed by atoms with Crippen LogP contribution in [0.25, 0.3) is 10.9 Å². The molecule has 1 aromatic heterocycles. The van der Waals surface area contributed by atoms with Gasteiger partial charge in [0.1, 0.15) is 5.75 Å². The standard InChI is InChI=1S/C18H16FNO2/c1-13(21)18(19,14-6-3-2-4-7-14)12-20-11-10-15-16(20)8-5-9-17(15)22/h2-11,22H,12H2,1H3. The first-order valence-electron chi connectivity index (χ1n) is 7.05. The molecule has 3 nitrogen and oxygen atoms in total. The van der Waals surface area contributed by atoms with Gasteiger partial charge in [0.15, 0.2) is 5.78 Å². The summed E-state index contributed by atoms with van der Waals surface area (Å²) >= 11 is 0. The number of rotatable bonds is 4. The zero-order valence-electron chi connectivity index (χ0n) is 12.2. The van der Waals surface area contributed by atoms with Gasteiger partial charge in [0.05, 0.1) is 12.1 Å². The molecule has 0 aliphatic rings. The summed E-state index contributed by atoms with van der Waals surface area (Å²) in [6.07, 6.45) is 1.69. The third kappa shape index (κ3) is 2.26. The SMILES string of the molecule is CC(=O)C(F)(Cn1ccc2c(O)cccc21)c1ccccc1. The summed E-state index contributed by atoms with van der Waals surface area (Å²) in [6, 6.07) is 15.2. The van der Waals surface area contributed by atoms with Crippen LogP contribution in [0.5, 0.6) is 5.75 Å².